The van der Waals surface area contributed by atoms with E-state index in [0.717, 1.165) is 46.5 Å². The van der Waals surface area contributed by atoms with E-state index in [9.17, 15) is 90.4 Å². The van der Waals surface area contributed by atoms with Crippen LogP contribution in [0.15, 0.2) is 24.3 Å². The summed E-state index contributed by atoms with van der Waals surface area (Å²) in [5.74, 6) is -3.45. The number of ether oxygens (including phenoxy) is 13. The molecule has 5 fully saturated rings. The van der Waals surface area contributed by atoms with Gasteiger partial charge in [-0.15, -0.1) is 0 Å². The molecule has 0 aliphatic carbocycles. The second-order valence-corrected chi connectivity index (χ2v) is 25.7. The monoisotopic (exact) mass is 1440 g/mol. The molecule has 18 N–H and O–H groups in total. The highest BCUT2D eigenvalue weighted by Gasteiger charge is 2.57. The fourth-order valence-corrected chi connectivity index (χ4v) is 12.5. The van der Waals surface area contributed by atoms with Crippen molar-refractivity contribution < 1.29 is 152 Å². The third-order valence-corrected chi connectivity index (χ3v) is 17.9. The fraction of sp³-hybridized carbons (Fsp3) is 0.828. The lowest BCUT2D eigenvalue weighted by Gasteiger charge is -2.51. The number of hydrogen-bond acceptors (Lipinski definition) is 31. The average Bonchev–Trinajstić information content (AvgIpc) is 0.767. The first-order valence-corrected chi connectivity index (χ1v) is 34.0. The van der Waals surface area contributed by atoms with E-state index in [1.165, 1.54) is 72.1 Å². The van der Waals surface area contributed by atoms with Crippen LogP contribution in [0, 0.1) is 0 Å². The molecule has 0 aromatic heterocycles. The summed E-state index contributed by atoms with van der Waals surface area (Å²) in [5.41, 5.74) is 0.0625. The van der Waals surface area contributed by atoms with Gasteiger partial charge in [0.25, 0.3) is 5.91 Å². The first kappa shape index (κ1) is 84.3. The highest BCUT2D eigenvalue weighted by molar-refractivity contribution is 5.94. The second kappa shape index (κ2) is 41.2. The summed E-state index contributed by atoms with van der Waals surface area (Å²) < 4.78 is 78.0. The molecule has 29 atom stereocenters. The van der Waals surface area contributed by atoms with Gasteiger partial charge in [0.15, 0.2) is 37.7 Å². The van der Waals surface area contributed by atoms with E-state index in [0.29, 0.717) is 12.4 Å². The Labute approximate surface area is 579 Å². The van der Waals surface area contributed by atoms with Crippen molar-refractivity contribution in [2.75, 3.05) is 53.4 Å². The third kappa shape index (κ3) is 22.9. The van der Waals surface area contributed by atoms with Crippen LogP contribution in [0.4, 0.5) is 0 Å². The summed E-state index contributed by atoms with van der Waals surface area (Å²) in [6.45, 7) is 4.09. The lowest BCUT2D eigenvalue weighted by atomic mass is 9.93. The molecule has 1 aromatic rings. The van der Waals surface area contributed by atoms with Crippen LogP contribution in [-0.2, 0) is 76.0 Å². The molecule has 5 amide bonds. The van der Waals surface area contributed by atoms with Crippen LogP contribution >= 0.6 is 0 Å². The highest BCUT2D eigenvalue weighted by atomic mass is 16.8. The quantitative estimate of drug-likeness (QED) is 0.0217. The van der Waals surface area contributed by atoms with Crippen molar-refractivity contribution in [3.8, 4) is 5.75 Å². The number of methoxy groups -OCH3 is 1. The molecule has 5 saturated heterocycles. The van der Waals surface area contributed by atoms with Gasteiger partial charge in [0.1, 0.15) is 134 Å². The van der Waals surface area contributed by atoms with Gasteiger partial charge in [-0.05, 0) is 38.5 Å². The smallest absolute Gasteiger partial charge is 0.251 e. The van der Waals surface area contributed by atoms with Gasteiger partial charge in [-0.25, -0.2) is 0 Å². The van der Waals surface area contributed by atoms with Crippen LogP contribution < -0.4 is 31.3 Å². The van der Waals surface area contributed by atoms with Gasteiger partial charge in [0.2, 0.25) is 23.6 Å². The Bertz CT molecular complexity index is 2650. The SMILES string of the molecule is CCCCCCCCCCCOc1cccc(C(=O)N[C@@H]2C(O[C@H]3C(O)C(NC(C)=O)[C@H](OC4C(CO)O[C@@H](O[C@H]5C(O)C(NC(C)=O)C(OC(CO)C(CO[C@@H]6OC(C)C(O)[C@H](O)[C@H]6OC)OC(O)[C@H](C)NC(C)=O)O[C@H]5CO)[C@@H](NC(C)=O)[C@H]4O)O[C@H]3CO)OC(CO)[C@@H](O)C2O)c1. The normalized spacial score (nSPS) is 35.9. The van der Waals surface area contributed by atoms with Gasteiger partial charge < -0.3 is 155 Å². The molecule has 0 radical (unpaired) electrons. The topological polar surface area (TPSA) is 528 Å². The molecule has 5 heterocycles. The summed E-state index contributed by atoms with van der Waals surface area (Å²) in [6, 6.07) is -1.85. The van der Waals surface area contributed by atoms with Crippen LogP contribution in [0.1, 0.15) is 117 Å². The Balaban J connectivity index is 1.19. The lowest BCUT2D eigenvalue weighted by molar-refractivity contribution is -0.365. The van der Waals surface area contributed by atoms with Crippen molar-refractivity contribution in [1.29, 1.82) is 0 Å². The van der Waals surface area contributed by atoms with E-state index in [-0.39, 0.29) is 5.56 Å². The Kier molecular flexibility index (Phi) is 34.7. The molecule has 5 aliphatic heterocycles. The number of aliphatic hydroxyl groups excluding tert-OH is 13. The van der Waals surface area contributed by atoms with Gasteiger partial charge in [0, 0.05) is 40.4 Å². The van der Waals surface area contributed by atoms with Crippen LogP contribution in [0.25, 0.3) is 0 Å². The molecule has 100 heavy (non-hydrogen) atoms. The molecule has 0 spiro atoms. The van der Waals surface area contributed by atoms with Gasteiger partial charge in [-0.3, -0.25) is 24.0 Å². The molecule has 36 nitrogen and oxygen atoms in total. The van der Waals surface area contributed by atoms with Crippen molar-refractivity contribution in [3.05, 3.63) is 29.8 Å². The zero-order chi connectivity index (χ0) is 73.7. The van der Waals surface area contributed by atoms with Crippen molar-refractivity contribution in [3.63, 3.8) is 0 Å². The molecule has 1 aromatic carbocycles. The number of aliphatic hydroxyl groups is 13. The number of rotatable bonds is 38. The Hall–Kier alpha value is -4.63. The molecular formula is C64H107N5O31. The molecule has 5 aliphatic rings. The first-order chi connectivity index (χ1) is 47.6. The zero-order valence-corrected chi connectivity index (χ0v) is 57.5. The number of carbonyl (C=O) groups excluding carboxylic acids is 5. The molecule has 0 saturated carbocycles. The van der Waals surface area contributed by atoms with E-state index < -0.39 is 247 Å². The molecule has 574 valence electrons. The Morgan fingerprint density at radius 1 is 0.520 bits per heavy atom. The number of amides is 5. The molecule has 36 heteroatoms. The predicted molar refractivity (Wildman–Crippen MR) is 340 cm³/mol. The summed E-state index contributed by atoms with van der Waals surface area (Å²) in [4.78, 5) is 64.8. The fourth-order valence-electron chi connectivity index (χ4n) is 12.5. The summed E-state index contributed by atoms with van der Waals surface area (Å²) in [7, 11) is 1.21. The molecule has 6 rings (SSSR count). The van der Waals surface area contributed by atoms with Crippen LogP contribution in [0.5, 0.6) is 5.75 Å². The maximum Gasteiger partial charge on any atom is 0.251 e. The van der Waals surface area contributed by atoms with E-state index in [4.69, 9.17) is 61.6 Å². The number of benzene rings is 1. The zero-order valence-electron chi connectivity index (χ0n) is 57.5. The number of unbranched alkanes of at least 4 members (excludes halogenated alkanes) is 8. The van der Waals surface area contributed by atoms with Gasteiger partial charge in [-0.2, -0.15) is 0 Å². The minimum absolute atomic E-state index is 0.0625. The molecule has 15 unspecified atom stereocenters. The van der Waals surface area contributed by atoms with Gasteiger partial charge in [0.05, 0.1) is 58.4 Å². The predicted octanol–water partition coefficient (Wildman–Crippen LogP) is -5.86. The minimum Gasteiger partial charge on any atom is -0.494 e. The first-order valence-electron chi connectivity index (χ1n) is 34.0. The largest absolute Gasteiger partial charge is 0.494 e. The van der Waals surface area contributed by atoms with Crippen molar-refractivity contribution in [2.24, 2.45) is 0 Å². The lowest BCUT2D eigenvalue weighted by Crippen LogP contribution is -2.72. The summed E-state index contributed by atoms with van der Waals surface area (Å²) in [5, 5.41) is 158. The van der Waals surface area contributed by atoms with E-state index in [2.05, 4.69) is 33.5 Å². The summed E-state index contributed by atoms with van der Waals surface area (Å²) >= 11 is 0. The van der Waals surface area contributed by atoms with Crippen LogP contribution in [0.2, 0.25) is 0 Å². The van der Waals surface area contributed by atoms with E-state index in [1.54, 1.807) is 12.1 Å². The molecule has 0 bridgehead atoms. The van der Waals surface area contributed by atoms with Crippen LogP contribution in [0.3, 0.4) is 0 Å². The summed E-state index contributed by atoms with van der Waals surface area (Å²) in [6.07, 6.45) is -31.3. The standard InChI is InChI=1S/C64H107N5O31/c1-9-10-11-12-13-14-15-16-17-21-89-36-20-18-19-35(22-36)58(86)69-43-49(81)48(80)38(24-71)94-61(43)98-55-40(26-73)96-63(45(51(55)83)67-33(6)77)100-56-41(27-74)97-62(46(52(56)84)68-34(7)78)99-54-39(25-72)95-60(44(50(54)82)66-32(5)76)93-37(23-70)42(92-59(87)29(2)65-31(4)75)28-90-64-57(88-8)53(85)47(79)30(3)91-64/h18-20,22,29-30,37-57,59-64,70-74,79-85,87H,9-17,21,23-28H2,1-8H3,(H,65,75)(H,66,76)(H,67,77)(H,68,78)(H,69,86)/t29-,30?,37?,38?,39-,40-,41?,42?,43-,44?,45?,46-,47?,48+,49?,50?,51?,52+,53-,54+,55+,56?,57+,59?,60?,61?,62-,63-,64+/m0/s1. The maximum atomic E-state index is 14.0. The third-order valence-electron chi connectivity index (χ3n) is 17.9. The van der Waals surface area contributed by atoms with E-state index >= 15 is 0 Å². The van der Waals surface area contributed by atoms with Crippen molar-refractivity contribution >= 4 is 29.5 Å². The van der Waals surface area contributed by atoms with Gasteiger partial charge in [-0.1, -0.05) is 64.4 Å². The van der Waals surface area contributed by atoms with Crippen LogP contribution in [-0.4, -0.2) is 327 Å². The maximum absolute atomic E-state index is 14.0. The minimum atomic E-state index is -2.06. The Morgan fingerprint density at radius 3 is 1.44 bits per heavy atom. The average molecular weight is 1440 g/mol. The number of hydrogen-bond donors (Lipinski definition) is 18. The van der Waals surface area contributed by atoms with Gasteiger partial charge >= 0.3 is 0 Å². The number of nitrogens with one attached hydrogen (secondary N) is 5. The van der Waals surface area contributed by atoms with E-state index in [1.807, 2.05) is 0 Å². The van der Waals surface area contributed by atoms with Crippen molar-refractivity contribution in [1.82, 2.24) is 26.6 Å². The number of carbonyl (C=O) groups is 5. The molecular weight excluding hydrogens is 1330 g/mol. The van der Waals surface area contributed by atoms with Crippen molar-refractivity contribution in [2.45, 2.75) is 284 Å². The highest BCUT2D eigenvalue weighted by Crippen LogP contribution is 2.36. The Morgan fingerprint density at radius 2 is 0.980 bits per heavy atom. The second-order valence-electron chi connectivity index (χ2n) is 25.7.